The number of nitrogens with zero attached hydrogens (tertiary/aromatic N) is 2. The summed E-state index contributed by atoms with van der Waals surface area (Å²) in [6.07, 6.45) is 10.4. The zero-order chi connectivity index (χ0) is 23.8. The lowest BCUT2D eigenvalue weighted by atomic mass is 9.44. The summed E-state index contributed by atoms with van der Waals surface area (Å²) in [7, 11) is 1.89. The van der Waals surface area contributed by atoms with Gasteiger partial charge in [0.15, 0.2) is 0 Å². The Morgan fingerprint density at radius 2 is 1.82 bits per heavy atom. The fourth-order valence-electron chi connectivity index (χ4n) is 8.78. The standard InChI is InChI=1S/C27H47N3O3/c1-6-30(16-15-28-5)25(32)33-29-18(2)22-9-10-23-21-8-7-19-17-20(31)11-13-26(19,3)24(21)12-14-27(22,23)4/h19-24,28,31H,6-17H2,1-5H3/b29-18+/t19-,20+,21-,22+,23-,24-,26-,27+/m0/s1. The van der Waals surface area contributed by atoms with Crippen LogP contribution in [-0.2, 0) is 4.84 Å². The minimum Gasteiger partial charge on any atom is -0.393 e. The molecule has 0 aromatic carbocycles. The summed E-state index contributed by atoms with van der Waals surface area (Å²) in [6, 6.07) is 0. The van der Waals surface area contributed by atoms with Crippen molar-refractivity contribution in [3.05, 3.63) is 0 Å². The van der Waals surface area contributed by atoms with Crippen molar-refractivity contribution >= 4 is 11.8 Å². The molecule has 33 heavy (non-hydrogen) atoms. The number of hydrogen-bond acceptors (Lipinski definition) is 5. The summed E-state index contributed by atoms with van der Waals surface area (Å²) < 4.78 is 0. The van der Waals surface area contributed by atoms with Crippen molar-refractivity contribution in [2.75, 3.05) is 26.7 Å². The van der Waals surface area contributed by atoms with E-state index in [1.165, 1.54) is 38.5 Å². The van der Waals surface area contributed by atoms with Crippen LogP contribution in [0.25, 0.3) is 0 Å². The second kappa shape index (κ2) is 9.85. The first kappa shape index (κ1) is 25.0. The first-order valence-corrected chi connectivity index (χ1v) is 13.6. The molecule has 0 saturated heterocycles. The molecule has 4 fully saturated rings. The highest BCUT2D eigenvalue weighted by molar-refractivity contribution is 5.85. The minimum absolute atomic E-state index is 0.0761. The molecular weight excluding hydrogens is 414 g/mol. The van der Waals surface area contributed by atoms with Gasteiger partial charge in [0.2, 0.25) is 0 Å². The van der Waals surface area contributed by atoms with Crippen LogP contribution in [0, 0.1) is 40.4 Å². The van der Waals surface area contributed by atoms with Gasteiger partial charge in [0.1, 0.15) is 0 Å². The SMILES string of the molecule is CCN(CCNC)C(=O)O/N=C(\C)[C@H]1CC[C@H]2[C@@H]3CC[C@H]4C[C@H](O)CC[C@]4(C)[C@H]3CC[C@]12C. The Morgan fingerprint density at radius 1 is 1.09 bits per heavy atom. The molecule has 0 aliphatic heterocycles. The predicted octanol–water partition coefficient (Wildman–Crippen LogP) is 5.06. The fourth-order valence-corrected chi connectivity index (χ4v) is 8.78. The molecule has 6 heteroatoms. The molecule has 0 aromatic rings. The molecule has 1 amide bonds. The van der Waals surface area contributed by atoms with Gasteiger partial charge >= 0.3 is 6.09 Å². The van der Waals surface area contributed by atoms with Crippen LogP contribution in [0.5, 0.6) is 0 Å². The average molecular weight is 462 g/mol. The van der Waals surface area contributed by atoms with Gasteiger partial charge in [-0.2, -0.15) is 0 Å². The Bertz CT molecular complexity index is 742. The molecule has 2 N–H and O–H groups in total. The largest absolute Gasteiger partial charge is 0.436 e. The van der Waals surface area contributed by atoms with E-state index < -0.39 is 0 Å². The van der Waals surface area contributed by atoms with Gasteiger partial charge < -0.3 is 15.3 Å². The molecule has 0 heterocycles. The number of likely N-dealkylation sites (N-methyl/N-ethyl adjacent to an activating group) is 2. The van der Waals surface area contributed by atoms with E-state index in [0.717, 1.165) is 49.3 Å². The molecule has 4 rings (SSSR count). The van der Waals surface area contributed by atoms with Crippen molar-refractivity contribution in [1.29, 1.82) is 0 Å². The highest BCUT2D eigenvalue weighted by atomic mass is 16.7. The average Bonchev–Trinajstić information content (AvgIpc) is 3.15. The Labute approximate surface area is 200 Å². The van der Waals surface area contributed by atoms with Crippen molar-refractivity contribution in [3.63, 3.8) is 0 Å². The van der Waals surface area contributed by atoms with E-state index >= 15 is 0 Å². The van der Waals surface area contributed by atoms with E-state index in [-0.39, 0.29) is 17.6 Å². The lowest BCUT2D eigenvalue weighted by molar-refractivity contribution is -0.123. The van der Waals surface area contributed by atoms with E-state index in [0.29, 0.717) is 30.3 Å². The van der Waals surface area contributed by atoms with Crippen LogP contribution in [0.1, 0.15) is 85.5 Å². The zero-order valence-electron chi connectivity index (χ0n) is 21.6. The van der Waals surface area contributed by atoms with Crippen LogP contribution < -0.4 is 5.32 Å². The summed E-state index contributed by atoms with van der Waals surface area (Å²) in [5.41, 5.74) is 1.67. The second-order valence-corrected chi connectivity index (χ2v) is 12.0. The maximum absolute atomic E-state index is 12.5. The second-order valence-electron chi connectivity index (χ2n) is 12.0. The highest BCUT2D eigenvalue weighted by Crippen LogP contribution is 2.67. The van der Waals surface area contributed by atoms with Gasteiger partial charge in [-0.1, -0.05) is 19.0 Å². The highest BCUT2D eigenvalue weighted by Gasteiger charge is 2.60. The number of hydrogen-bond donors (Lipinski definition) is 2. The van der Waals surface area contributed by atoms with Gasteiger partial charge in [0.05, 0.1) is 11.8 Å². The third kappa shape index (κ3) is 4.47. The predicted molar refractivity (Wildman–Crippen MR) is 132 cm³/mol. The summed E-state index contributed by atoms with van der Waals surface area (Å²) >= 11 is 0. The van der Waals surface area contributed by atoms with Crippen molar-refractivity contribution in [3.8, 4) is 0 Å². The first-order valence-electron chi connectivity index (χ1n) is 13.6. The molecule has 0 unspecified atom stereocenters. The number of aliphatic hydroxyl groups is 1. The van der Waals surface area contributed by atoms with Crippen LogP contribution in [-0.4, -0.2) is 54.6 Å². The molecule has 6 nitrogen and oxygen atoms in total. The number of fused-ring (bicyclic) bond motifs is 5. The van der Waals surface area contributed by atoms with E-state index in [9.17, 15) is 9.90 Å². The van der Waals surface area contributed by atoms with Crippen molar-refractivity contribution in [1.82, 2.24) is 10.2 Å². The number of oxime groups is 1. The summed E-state index contributed by atoms with van der Waals surface area (Å²) in [5, 5.41) is 17.7. The van der Waals surface area contributed by atoms with E-state index in [2.05, 4.69) is 31.2 Å². The first-order chi connectivity index (χ1) is 15.7. The van der Waals surface area contributed by atoms with E-state index in [1.54, 1.807) is 4.90 Å². The smallest absolute Gasteiger partial charge is 0.393 e. The quantitative estimate of drug-likeness (QED) is 0.329. The third-order valence-electron chi connectivity index (χ3n) is 10.7. The third-order valence-corrected chi connectivity index (χ3v) is 10.7. The van der Waals surface area contributed by atoms with E-state index in [4.69, 9.17) is 4.84 Å². The molecule has 0 spiro atoms. The van der Waals surface area contributed by atoms with Gasteiger partial charge in [-0.3, -0.25) is 4.84 Å². The molecule has 0 aromatic heterocycles. The van der Waals surface area contributed by atoms with Crippen molar-refractivity contribution in [2.24, 2.45) is 45.6 Å². The van der Waals surface area contributed by atoms with Gasteiger partial charge in [-0.15, -0.1) is 0 Å². The summed E-state index contributed by atoms with van der Waals surface area (Å²) in [5.74, 6) is 3.46. The molecule has 4 aliphatic rings. The number of rotatable bonds is 6. The molecule has 0 bridgehead atoms. The number of carbonyl (C=O) groups is 1. The lowest BCUT2D eigenvalue weighted by Crippen LogP contribution is -2.54. The summed E-state index contributed by atoms with van der Waals surface area (Å²) in [6.45, 7) is 11.1. The van der Waals surface area contributed by atoms with Crippen molar-refractivity contribution < 1.29 is 14.7 Å². The minimum atomic E-state index is -0.346. The Kier molecular flexibility index (Phi) is 7.45. The maximum Gasteiger partial charge on any atom is 0.436 e. The molecule has 188 valence electrons. The van der Waals surface area contributed by atoms with Crippen molar-refractivity contribution in [2.45, 2.75) is 91.6 Å². The Balaban J connectivity index is 1.44. The molecule has 0 radical (unpaired) electrons. The number of amides is 1. The van der Waals surface area contributed by atoms with Crippen LogP contribution in [0.3, 0.4) is 0 Å². The van der Waals surface area contributed by atoms with Gasteiger partial charge in [-0.25, -0.2) is 4.79 Å². The molecule has 8 atom stereocenters. The number of nitrogens with one attached hydrogen (secondary N) is 1. The zero-order valence-corrected chi connectivity index (χ0v) is 21.6. The fraction of sp³-hybridized carbons (Fsp3) is 0.926. The van der Waals surface area contributed by atoms with E-state index in [1.807, 2.05) is 14.0 Å². The van der Waals surface area contributed by atoms with Crippen LogP contribution in [0.2, 0.25) is 0 Å². The monoisotopic (exact) mass is 461 g/mol. The number of aliphatic hydroxyl groups excluding tert-OH is 1. The maximum atomic E-state index is 12.5. The Morgan fingerprint density at radius 3 is 2.55 bits per heavy atom. The normalized spacial score (nSPS) is 42.8. The number of carbonyl (C=O) groups excluding carboxylic acids is 1. The van der Waals surface area contributed by atoms with Gasteiger partial charge in [-0.05, 0) is 113 Å². The molecule has 4 saturated carbocycles. The van der Waals surface area contributed by atoms with Crippen LogP contribution >= 0.6 is 0 Å². The molecule has 4 aliphatic carbocycles. The van der Waals surface area contributed by atoms with Gasteiger partial charge in [0, 0.05) is 25.6 Å². The lowest BCUT2D eigenvalue weighted by Gasteiger charge is -2.61. The summed E-state index contributed by atoms with van der Waals surface area (Å²) in [4.78, 5) is 19.6. The van der Waals surface area contributed by atoms with Crippen LogP contribution in [0.4, 0.5) is 4.79 Å². The van der Waals surface area contributed by atoms with Gasteiger partial charge in [0.25, 0.3) is 0 Å². The molecular formula is C27H47N3O3. The topological polar surface area (TPSA) is 74.2 Å². The Hall–Kier alpha value is -1.14. The van der Waals surface area contributed by atoms with Crippen LogP contribution in [0.15, 0.2) is 5.16 Å².